The number of carbonyl (C=O) groups excluding carboxylic acids is 1. The molecule has 4 nitrogen and oxygen atoms in total. The van der Waals surface area contributed by atoms with E-state index in [-0.39, 0.29) is 0 Å². The molecular weight excluding hydrogens is 240 g/mol. The average Bonchev–Trinajstić information content (AvgIpc) is 2.39. The summed E-state index contributed by atoms with van der Waals surface area (Å²) in [6.45, 7) is 3.15. The Morgan fingerprint density at radius 2 is 2.21 bits per heavy atom. The number of esters is 1. The van der Waals surface area contributed by atoms with Gasteiger partial charge in [-0.1, -0.05) is 19.4 Å². The van der Waals surface area contributed by atoms with Crippen LogP contribution in [-0.4, -0.2) is 19.6 Å². The molecule has 0 aliphatic heterocycles. The Morgan fingerprint density at radius 3 is 2.74 bits per heavy atom. The van der Waals surface area contributed by atoms with E-state index in [1.165, 1.54) is 32.8 Å². The van der Waals surface area contributed by atoms with Crippen molar-refractivity contribution >= 4 is 17.3 Å². The second-order valence-corrected chi connectivity index (χ2v) is 5.32. The zero-order chi connectivity index (χ0) is 13.9. The first kappa shape index (κ1) is 13.7. The number of hydrogen-bond donors (Lipinski definition) is 2. The van der Waals surface area contributed by atoms with Gasteiger partial charge < -0.3 is 15.8 Å². The third kappa shape index (κ3) is 2.67. The van der Waals surface area contributed by atoms with Gasteiger partial charge in [-0.25, -0.2) is 4.79 Å². The molecule has 0 amide bonds. The van der Waals surface area contributed by atoms with E-state index in [1.54, 1.807) is 6.07 Å². The first-order valence-corrected chi connectivity index (χ1v) is 6.82. The van der Waals surface area contributed by atoms with Gasteiger partial charge in [-0.2, -0.15) is 0 Å². The average molecular weight is 262 g/mol. The topological polar surface area (TPSA) is 64.3 Å². The van der Waals surface area contributed by atoms with E-state index in [2.05, 4.69) is 12.2 Å². The van der Waals surface area contributed by atoms with Crippen molar-refractivity contribution in [1.29, 1.82) is 0 Å². The van der Waals surface area contributed by atoms with E-state index in [1.807, 2.05) is 12.1 Å². The largest absolute Gasteiger partial charge is 0.465 e. The number of nitrogens with one attached hydrogen (secondary N) is 1. The maximum absolute atomic E-state index is 11.6. The van der Waals surface area contributed by atoms with Gasteiger partial charge in [-0.05, 0) is 36.8 Å². The highest BCUT2D eigenvalue weighted by Gasteiger charge is 2.34. The van der Waals surface area contributed by atoms with Crippen LogP contribution in [0.5, 0.6) is 0 Å². The first-order valence-electron chi connectivity index (χ1n) is 6.82. The Morgan fingerprint density at radius 1 is 1.47 bits per heavy atom. The lowest BCUT2D eigenvalue weighted by Gasteiger charge is -2.41. The van der Waals surface area contributed by atoms with Crippen molar-refractivity contribution in [2.24, 2.45) is 5.41 Å². The van der Waals surface area contributed by atoms with Crippen molar-refractivity contribution in [2.45, 2.75) is 32.6 Å². The van der Waals surface area contributed by atoms with Crippen LogP contribution < -0.4 is 11.1 Å². The Bertz CT molecular complexity index is 462. The number of rotatable bonds is 5. The van der Waals surface area contributed by atoms with E-state index in [0.29, 0.717) is 16.7 Å². The summed E-state index contributed by atoms with van der Waals surface area (Å²) in [5.41, 5.74) is 8.15. The number of nitrogen functional groups attached to an aromatic ring is 1. The standard InChI is InChI=1S/C15H22N2O2/c1-3-15(8-5-9-15)10-17-12-7-4-6-11(13(12)16)14(18)19-2/h4,6-7,17H,3,5,8-10,16H2,1-2H3. The van der Waals surface area contributed by atoms with Crippen LogP contribution in [0.1, 0.15) is 43.0 Å². The molecule has 1 aliphatic rings. The number of para-hydroxylation sites is 1. The summed E-state index contributed by atoms with van der Waals surface area (Å²) in [6, 6.07) is 5.42. The lowest BCUT2D eigenvalue weighted by atomic mass is 9.67. The van der Waals surface area contributed by atoms with E-state index < -0.39 is 5.97 Å². The van der Waals surface area contributed by atoms with Gasteiger partial charge in [0, 0.05) is 6.54 Å². The zero-order valence-corrected chi connectivity index (χ0v) is 11.7. The highest BCUT2D eigenvalue weighted by atomic mass is 16.5. The molecule has 19 heavy (non-hydrogen) atoms. The molecule has 3 N–H and O–H groups in total. The zero-order valence-electron chi connectivity index (χ0n) is 11.7. The monoisotopic (exact) mass is 262 g/mol. The Balaban J connectivity index is 2.10. The molecule has 0 heterocycles. The third-order valence-electron chi connectivity index (χ3n) is 4.33. The number of nitrogens with two attached hydrogens (primary N) is 1. The van der Waals surface area contributed by atoms with Gasteiger partial charge in [-0.15, -0.1) is 0 Å². The van der Waals surface area contributed by atoms with Crippen LogP contribution in [0.15, 0.2) is 18.2 Å². The summed E-state index contributed by atoms with van der Waals surface area (Å²) in [6.07, 6.45) is 5.03. The molecule has 0 aromatic heterocycles. The molecule has 104 valence electrons. The highest BCUT2D eigenvalue weighted by molar-refractivity contribution is 5.98. The summed E-state index contributed by atoms with van der Waals surface area (Å²) in [4.78, 5) is 11.6. The third-order valence-corrected chi connectivity index (χ3v) is 4.33. The second-order valence-electron chi connectivity index (χ2n) is 5.32. The summed E-state index contributed by atoms with van der Waals surface area (Å²) >= 11 is 0. The summed E-state index contributed by atoms with van der Waals surface area (Å²) in [7, 11) is 1.36. The normalized spacial score (nSPS) is 16.5. The highest BCUT2D eigenvalue weighted by Crippen LogP contribution is 2.44. The van der Waals surface area contributed by atoms with Crippen molar-refractivity contribution in [1.82, 2.24) is 0 Å². The maximum Gasteiger partial charge on any atom is 0.340 e. The van der Waals surface area contributed by atoms with Crippen LogP contribution in [0.3, 0.4) is 0 Å². The van der Waals surface area contributed by atoms with Gasteiger partial charge in [0.2, 0.25) is 0 Å². The Kier molecular flexibility index (Phi) is 3.98. The fourth-order valence-corrected chi connectivity index (χ4v) is 2.62. The van der Waals surface area contributed by atoms with Gasteiger partial charge in [0.1, 0.15) is 0 Å². The van der Waals surface area contributed by atoms with Crippen LogP contribution in [0.4, 0.5) is 11.4 Å². The van der Waals surface area contributed by atoms with Crippen molar-refractivity contribution in [2.75, 3.05) is 24.7 Å². The smallest absolute Gasteiger partial charge is 0.340 e. The van der Waals surface area contributed by atoms with E-state index >= 15 is 0 Å². The van der Waals surface area contributed by atoms with E-state index in [0.717, 1.165) is 12.2 Å². The predicted molar refractivity (Wildman–Crippen MR) is 77.3 cm³/mol. The number of hydrogen-bond acceptors (Lipinski definition) is 4. The molecular formula is C15H22N2O2. The predicted octanol–water partition coefficient (Wildman–Crippen LogP) is 3.05. The van der Waals surface area contributed by atoms with Crippen molar-refractivity contribution in [3.05, 3.63) is 23.8 Å². The van der Waals surface area contributed by atoms with Crippen molar-refractivity contribution < 1.29 is 9.53 Å². The number of benzene rings is 1. The van der Waals surface area contributed by atoms with Crippen LogP contribution >= 0.6 is 0 Å². The lowest BCUT2D eigenvalue weighted by molar-refractivity contribution is 0.0602. The van der Waals surface area contributed by atoms with Gasteiger partial charge in [0.05, 0.1) is 24.0 Å². The molecule has 1 aromatic rings. The maximum atomic E-state index is 11.6. The Hall–Kier alpha value is -1.71. The minimum absolute atomic E-state index is 0.394. The molecule has 1 aliphatic carbocycles. The molecule has 0 unspecified atom stereocenters. The molecule has 0 saturated heterocycles. The molecule has 2 rings (SSSR count). The van der Waals surface area contributed by atoms with Crippen LogP contribution in [0, 0.1) is 5.41 Å². The number of carbonyl (C=O) groups is 1. The quantitative estimate of drug-likeness (QED) is 0.632. The molecule has 1 aromatic carbocycles. The Labute approximate surface area is 114 Å². The molecule has 0 atom stereocenters. The molecule has 0 radical (unpaired) electrons. The first-order chi connectivity index (χ1) is 9.12. The molecule has 1 fully saturated rings. The number of anilines is 2. The minimum atomic E-state index is -0.394. The van der Waals surface area contributed by atoms with Gasteiger partial charge in [0.25, 0.3) is 0 Å². The molecule has 0 bridgehead atoms. The van der Waals surface area contributed by atoms with Gasteiger partial charge in [-0.3, -0.25) is 0 Å². The minimum Gasteiger partial charge on any atom is -0.465 e. The van der Waals surface area contributed by atoms with Crippen LogP contribution in [-0.2, 0) is 4.74 Å². The number of ether oxygens (including phenoxy) is 1. The van der Waals surface area contributed by atoms with Gasteiger partial charge in [0.15, 0.2) is 0 Å². The van der Waals surface area contributed by atoms with Crippen molar-refractivity contribution in [3.8, 4) is 0 Å². The molecule has 1 saturated carbocycles. The van der Waals surface area contributed by atoms with Crippen LogP contribution in [0.25, 0.3) is 0 Å². The van der Waals surface area contributed by atoms with Crippen LogP contribution in [0.2, 0.25) is 0 Å². The van der Waals surface area contributed by atoms with E-state index in [4.69, 9.17) is 10.5 Å². The lowest BCUT2D eigenvalue weighted by Crippen LogP contribution is -2.36. The van der Waals surface area contributed by atoms with E-state index in [9.17, 15) is 4.79 Å². The second kappa shape index (κ2) is 5.51. The molecule has 0 spiro atoms. The van der Waals surface area contributed by atoms with Crippen molar-refractivity contribution in [3.63, 3.8) is 0 Å². The molecule has 4 heteroatoms. The van der Waals surface area contributed by atoms with Gasteiger partial charge >= 0.3 is 5.97 Å². The number of methoxy groups -OCH3 is 1. The summed E-state index contributed by atoms with van der Waals surface area (Å²) < 4.78 is 4.72. The fourth-order valence-electron chi connectivity index (χ4n) is 2.62. The SMILES string of the molecule is CCC1(CNc2cccc(C(=O)OC)c2N)CCC1. The summed E-state index contributed by atoms with van der Waals surface area (Å²) in [5, 5.41) is 3.39. The fraction of sp³-hybridized carbons (Fsp3) is 0.533. The summed E-state index contributed by atoms with van der Waals surface area (Å²) in [5.74, 6) is -0.394.